The van der Waals surface area contributed by atoms with Crippen molar-refractivity contribution in [1.82, 2.24) is 24.3 Å². The number of hydroxylamine groups is 2. The van der Waals surface area contributed by atoms with Gasteiger partial charge in [0.1, 0.15) is 5.52 Å². The molecule has 0 amide bonds. The molecule has 0 spiro atoms. The largest absolute Gasteiger partial charge is 0.373 e. The minimum absolute atomic E-state index is 0.233. The number of sulfonamides is 1. The van der Waals surface area contributed by atoms with E-state index in [1.807, 2.05) is 12.1 Å². The Balaban J connectivity index is 1.13. The Morgan fingerprint density at radius 1 is 1.02 bits per heavy atom. The quantitative estimate of drug-likeness (QED) is 0.319. The summed E-state index contributed by atoms with van der Waals surface area (Å²) in [7, 11) is -3.15. The second-order valence-electron chi connectivity index (χ2n) is 10.8. The highest BCUT2D eigenvalue weighted by Crippen LogP contribution is 2.31. The number of carbonyl (C=O) groups is 1. The van der Waals surface area contributed by atoms with E-state index in [9.17, 15) is 13.2 Å². The number of nitrogens with one attached hydrogen (secondary N) is 1. The maximum Gasteiger partial charge on any atom is 0.357 e. The molecule has 0 unspecified atom stereocenters. The summed E-state index contributed by atoms with van der Waals surface area (Å²) >= 11 is 0. The van der Waals surface area contributed by atoms with Gasteiger partial charge in [0.25, 0.3) is 0 Å². The molecule has 1 N–H and O–H groups in total. The average Bonchev–Trinajstić information content (AvgIpc) is 3.04. The monoisotopic (exact) mass is 602 g/mol. The number of rotatable bonds is 8. The van der Waals surface area contributed by atoms with Gasteiger partial charge in [-0.2, -0.15) is 0 Å². The number of pyridine rings is 1. The first kappa shape index (κ1) is 29.1. The van der Waals surface area contributed by atoms with Gasteiger partial charge >= 0.3 is 5.97 Å². The Bertz CT molecular complexity index is 1680. The minimum atomic E-state index is -3.15. The summed E-state index contributed by atoms with van der Waals surface area (Å²) in [5, 5.41) is 5.03. The Labute approximate surface area is 250 Å². The van der Waals surface area contributed by atoms with Crippen molar-refractivity contribution in [3.63, 3.8) is 0 Å². The molecule has 0 radical (unpaired) electrons. The fourth-order valence-electron chi connectivity index (χ4n) is 5.54. The summed E-state index contributed by atoms with van der Waals surface area (Å²) in [6.45, 7) is 2.87. The molecule has 12 heteroatoms. The van der Waals surface area contributed by atoms with Gasteiger partial charge in [-0.25, -0.2) is 27.5 Å². The molecular weight excluding hydrogens is 568 g/mol. The molecule has 4 heterocycles. The maximum absolute atomic E-state index is 12.5. The van der Waals surface area contributed by atoms with Gasteiger partial charge in [0.15, 0.2) is 5.82 Å². The van der Waals surface area contributed by atoms with Crippen molar-refractivity contribution in [3.8, 4) is 11.3 Å². The summed E-state index contributed by atoms with van der Waals surface area (Å²) in [5.41, 5.74) is 4.78. The minimum Gasteiger partial charge on any atom is -0.373 e. The molecule has 11 nitrogen and oxygen atoms in total. The first-order valence-corrected chi connectivity index (χ1v) is 16.2. The van der Waals surface area contributed by atoms with E-state index in [-0.39, 0.29) is 6.10 Å². The van der Waals surface area contributed by atoms with Crippen LogP contribution in [0.3, 0.4) is 0 Å². The van der Waals surface area contributed by atoms with Crippen molar-refractivity contribution in [1.29, 1.82) is 0 Å². The number of hydrogen-bond donors (Lipinski definition) is 1. The Kier molecular flexibility index (Phi) is 8.61. The predicted molar refractivity (Wildman–Crippen MR) is 163 cm³/mol. The lowest BCUT2D eigenvalue weighted by molar-refractivity contribution is -0.170. The zero-order valence-corrected chi connectivity index (χ0v) is 24.7. The number of fused-ring (bicyclic) bond motifs is 1. The van der Waals surface area contributed by atoms with Crippen LogP contribution in [0.2, 0.25) is 0 Å². The molecule has 224 valence electrons. The number of hydrogen-bond acceptors (Lipinski definition) is 10. The summed E-state index contributed by atoms with van der Waals surface area (Å²) in [6, 6.07) is 19.2. The van der Waals surface area contributed by atoms with E-state index in [0.29, 0.717) is 62.1 Å². The standard InChI is InChI=1S/C31H34N6O5S/c1-43(39,40)37-15-11-23(12-16-37)22-7-9-24(10-8-22)27-19-28-29(33-14-13-32-28)30(35-27)34-20-26-21-36(17-18-41-26)42-31(38)25-5-3-2-4-6-25/h2-10,13-14,19,23,26H,11-12,15-18,20-21H2,1H3,(H,34,35)/t26-/m1/s1. The van der Waals surface area contributed by atoms with Gasteiger partial charge in [-0.3, -0.25) is 4.98 Å². The Morgan fingerprint density at radius 3 is 2.51 bits per heavy atom. The summed E-state index contributed by atoms with van der Waals surface area (Å²) in [5.74, 6) is 0.525. The maximum atomic E-state index is 12.5. The van der Waals surface area contributed by atoms with Gasteiger partial charge in [-0.15, -0.1) is 5.06 Å². The number of ether oxygens (including phenoxy) is 1. The van der Waals surface area contributed by atoms with Crippen LogP contribution >= 0.6 is 0 Å². The topological polar surface area (TPSA) is 127 Å². The van der Waals surface area contributed by atoms with Crippen LogP contribution in [0.5, 0.6) is 0 Å². The van der Waals surface area contributed by atoms with Crippen LogP contribution < -0.4 is 5.32 Å². The Morgan fingerprint density at radius 2 is 1.77 bits per heavy atom. The predicted octanol–water partition coefficient (Wildman–Crippen LogP) is 3.72. The van der Waals surface area contributed by atoms with Gasteiger partial charge in [0.2, 0.25) is 10.0 Å². The number of aromatic nitrogens is 3. The normalized spacial score (nSPS) is 18.9. The van der Waals surface area contributed by atoms with Crippen LogP contribution in [0, 0.1) is 0 Å². The first-order chi connectivity index (χ1) is 20.8. The first-order valence-electron chi connectivity index (χ1n) is 14.4. The zero-order valence-electron chi connectivity index (χ0n) is 23.9. The van der Waals surface area contributed by atoms with Crippen LogP contribution in [-0.4, -0.2) is 90.4 Å². The van der Waals surface area contributed by atoms with Crippen LogP contribution in [0.25, 0.3) is 22.3 Å². The van der Waals surface area contributed by atoms with Crippen molar-refractivity contribution < 1.29 is 22.8 Å². The number of nitrogens with zero attached hydrogens (tertiary/aromatic N) is 5. The van der Waals surface area contributed by atoms with Crippen molar-refractivity contribution >= 4 is 32.8 Å². The van der Waals surface area contributed by atoms with Crippen molar-refractivity contribution in [2.75, 3.05) is 50.9 Å². The molecule has 0 saturated carbocycles. The number of benzene rings is 2. The van der Waals surface area contributed by atoms with Crippen LogP contribution in [0.4, 0.5) is 5.82 Å². The lowest BCUT2D eigenvalue weighted by Gasteiger charge is -2.31. The second-order valence-corrected chi connectivity index (χ2v) is 12.8. The van der Waals surface area contributed by atoms with E-state index in [1.165, 1.54) is 11.8 Å². The highest BCUT2D eigenvalue weighted by atomic mass is 32.2. The van der Waals surface area contributed by atoms with Crippen molar-refractivity contribution in [3.05, 3.63) is 84.2 Å². The highest BCUT2D eigenvalue weighted by molar-refractivity contribution is 7.88. The zero-order chi connectivity index (χ0) is 29.8. The fourth-order valence-corrected chi connectivity index (χ4v) is 6.42. The number of anilines is 1. The Hall–Kier alpha value is -3.97. The highest BCUT2D eigenvalue weighted by Gasteiger charge is 2.26. The van der Waals surface area contributed by atoms with E-state index >= 15 is 0 Å². The molecule has 1 atom stereocenters. The molecule has 2 aromatic heterocycles. The molecule has 4 aromatic rings. The molecule has 0 aliphatic carbocycles. The average molecular weight is 603 g/mol. The smallest absolute Gasteiger partial charge is 0.357 e. The molecule has 2 aliphatic rings. The number of carbonyl (C=O) groups excluding carboxylic acids is 1. The molecule has 43 heavy (non-hydrogen) atoms. The summed E-state index contributed by atoms with van der Waals surface area (Å²) in [4.78, 5) is 32.0. The van der Waals surface area contributed by atoms with Crippen molar-refractivity contribution in [2.24, 2.45) is 0 Å². The van der Waals surface area contributed by atoms with E-state index in [1.54, 1.807) is 46.0 Å². The van der Waals surface area contributed by atoms with Gasteiger partial charge in [-0.05, 0) is 42.5 Å². The third-order valence-electron chi connectivity index (χ3n) is 7.88. The third-order valence-corrected chi connectivity index (χ3v) is 9.18. The van der Waals surface area contributed by atoms with Gasteiger partial charge < -0.3 is 14.9 Å². The van der Waals surface area contributed by atoms with Gasteiger partial charge in [0.05, 0.1) is 48.8 Å². The van der Waals surface area contributed by atoms with E-state index in [4.69, 9.17) is 14.6 Å². The van der Waals surface area contributed by atoms with Crippen LogP contribution in [0.15, 0.2) is 73.1 Å². The molecule has 2 aliphatic heterocycles. The lowest BCUT2D eigenvalue weighted by atomic mass is 9.89. The summed E-state index contributed by atoms with van der Waals surface area (Å²) in [6.07, 6.45) is 5.94. The molecule has 6 rings (SSSR count). The summed E-state index contributed by atoms with van der Waals surface area (Å²) < 4.78 is 31.2. The number of piperidine rings is 1. The molecule has 2 saturated heterocycles. The van der Waals surface area contributed by atoms with Gasteiger partial charge in [-0.1, -0.05) is 42.5 Å². The van der Waals surface area contributed by atoms with E-state index < -0.39 is 16.0 Å². The van der Waals surface area contributed by atoms with Crippen molar-refractivity contribution in [2.45, 2.75) is 24.9 Å². The second kappa shape index (κ2) is 12.7. The van der Waals surface area contributed by atoms with Crippen LogP contribution in [0.1, 0.15) is 34.7 Å². The van der Waals surface area contributed by atoms with E-state index in [2.05, 4.69) is 39.6 Å². The van der Waals surface area contributed by atoms with E-state index in [0.717, 1.165) is 29.6 Å². The molecule has 2 aromatic carbocycles. The van der Waals surface area contributed by atoms with Gasteiger partial charge in [0, 0.05) is 37.6 Å². The molecule has 2 fully saturated rings. The SMILES string of the molecule is CS(=O)(=O)N1CCC(c2ccc(-c3cc4nccnc4c(NC[C@@H]4CN(OC(=O)c5ccccc5)CCO4)n3)cc2)CC1. The number of morpholine rings is 1. The lowest BCUT2D eigenvalue weighted by Crippen LogP contribution is -2.46. The molecule has 0 bridgehead atoms. The molecular formula is C31H34N6O5S. The van der Waals surface area contributed by atoms with Crippen LogP contribution in [-0.2, 0) is 19.6 Å². The fraction of sp³-hybridized carbons (Fsp3) is 0.355. The third kappa shape index (κ3) is 6.99.